The second-order valence-electron chi connectivity index (χ2n) is 9.22. The molecule has 0 bridgehead atoms. The number of nitrogens with zero attached hydrogens (tertiary/aromatic N) is 5. The SMILES string of the molecule is COc1ccccc1CN1CCC[C@@H](CN(CCN(C)C)C(=O)CCc2cnn(C)c2)C1. The van der Waals surface area contributed by atoms with Crippen molar-refractivity contribution in [1.82, 2.24) is 24.5 Å². The summed E-state index contributed by atoms with van der Waals surface area (Å²) in [5.74, 6) is 1.70. The molecule has 7 nitrogen and oxygen atoms in total. The molecule has 0 saturated carbocycles. The van der Waals surface area contributed by atoms with Crippen LogP contribution in [0.2, 0.25) is 0 Å². The number of methoxy groups -OCH3 is 1. The summed E-state index contributed by atoms with van der Waals surface area (Å²) in [7, 11) is 7.77. The highest BCUT2D eigenvalue weighted by molar-refractivity contribution is 5.76. The highest BCUT2D eigenvalue weighted by Crippen LogP contribution is 2.24. The summed E-state index contributed by atoms with van der Waals surface area (Å²) in [5, 5.41) is 4.22. The van der Waals surface area contributed by atoms with Crippen LogP contribution in [-0.4, -0.2) is 84.3 Å². The number of aromatic nitrogens is 2. The number of benzene rings is 1. The predicted octanol–water partition coefficient (Wildman–Crippen LogP) is 2.66. The first-order chi connectivity index (χ1) is 15.4. The summed E-state index contributed by atoms with van der Waals surface area (Å²) >= 11 is 0. The van der Waals surface area contributed by atoms with Crippen LogP contribution in [0.25, 0.3) is 0 Å². The monoisotopic (exact) mass is 441 g/mol. The number of aryl methyl sites for hydroxylation is 2. The van der Waals surface area contributed by atoms with E-state index in [1.807, 2.05) is 31.6 Å². The Labute approximate surface area is 192 Å². The molecule has 0 spiro atoms. The van der Waals surface area contributed by atoms with Crippen molar-refractivity contribution >= 4 is 5.91 Å². The Morgan fingerprint density at radius 2 is 2.06 bits per heavy atom. The van der Waals surface area contributed by atoms with Crippen LogP contribution in [0.1, 0.15) is 30.4 Å². The van der Waals surface area contributed by atoms with Crippen molar-refractivity contribution in [2.45, 2.75) is 32.2 Å². The second-order valence-corrected chi connectivity index (χ2v) is 9.22. The van der Waals surface area contributed by atoms with E-state index in [2.05, 4.69) is 46.0 Å². The second kappa shape index (κ2) is 12.0. The molecular weight excluding hydrogens is 402 g/mol. The van der Waals surface area contributed by atoms with Crippen molar-refractivity contribution < 1.29 is 9.53 Å². The molecule has 0 unspecified atom stereocenters. The quantitative estimate of drug-likeness (QED) is 0.537. The predicted molar refractivity (Wildman–Crippen MR) is 128 cm³/mol. The Morgan fingerprint density at radius 1 is 1.25 bits per heavy atom. The number of piperidine rings is 1. The molecule has 1 aliphatic heterocycles. The molecule has 0 radical (unpaired) electrons. The van der Waals surface area contributed by atoms with E-state index in [-0.39, 0.29) is 5.91 Å². The maximum Gasteiger partial charge on any atom is 0.222 e. The average molecular weight is 442 g/mol. The minimum absolute atomic E-state index is 0.248. The molecule has 176 valence electrons. The van der Waals surface area contributed by atoms with Crippen molar-refractivity contribution in [3.05, 3.63) is 47.8 Å². The first-order valence-corrected chi connectivity index (χ1v) is 11.7. The van der Waals surface area contributed by atoms with Gasteiger partial charge in [-0.3, -0.25) is 14.4 Å². The molecule has 7 heteroatoms. The van der Waals surface area contributed by atoms with E-state index in [0.29, 0.717) is 12.3 Å². The molecule has 3 rings (SSSR count). The van der Waals surface area contributed by atoms with Gasteiger partial charge in [-0.1, -0.05) is 18.2 Å². The van der Waals surface area contributed by atoms with Gasteiger partial charge in [0.25, 0.3) is 0 Å². The molecule has 32 heavy (non-hydrogen) atoms. The Balaban J connectivity index is 1.58. The maximum atomic E-state index is 13.1. The lowest BCUT2D eigenvalue weighted by molar-refractivity contribution is -0.132. The van der Waals surface area contributed by atoms with E-state index < -0.39 is 0 Å². The van der Waals surface area contributed by atoms with Crippen LogP contribution in [0.4, 0.5) is 0 Å². The van der Waals surface area contributed by atoms with E-state index in [9.17, 15) is 4.79 Å². The molecule has 2 heterocycles. The zero-order valence-electron chi connectivity index (χ0n) is 20.2. The molecule has 0 N–H and O–H groups in total. The van der Waals surface area contributed by atoms with Crippen LogP contribution in [-0.2, 0) is 24.8 Å². The van der Waals surface area contributed by atoms with E-state index in [4.69, 9.17) is 4.74 Å². The highest BCUT2D eigenvalue weighted by Gasteiger charge is 2.25. The van der Waals surface area contributed by atoms with Gasteiger partial charge in [-0.2, -0.15) is 5.10 Å². The number of carbonyl (C=O) groups excluding carboxylic acids is 1. The summed E-state index contributed by atoms with van der Waals surface area (Å²) < 4.78 is 7.33. The molecule has 0 aliphatic carbocycles. The fraction of sp³-hybridized carbons (Fsp3) is 0.600. The van der Waals surface area contributed by atoms with Gasteiger partial charge in [0, 0.05) is 58.0 Å². The lowest BCUT2D eigenvalue weighted by atomic mass is 9.96. The first kappa shape index (κ1) is 24.3. The summed E-state index contributed by atoms with van der Waals surface area (Å²) in [5.41, 5.74) is 2.35. The molecule has 1 fully saturated rings. The Bertz CT molecular complexity index is 850. The van der Waals surface area contributed by atoms with Crippen LogP contribution in [0, 0.1) is 5.92 Å². The van der Waals surface area contributed by atoms with Gasteiger partial charge in [-0.25, -0.2) is 0 Å². The van der Waals surface area contributed by atoms with Gasteiger partial charge in [0.15, 0.2) is 0 Å². The number of likely N-dealkylation sites (N-methyl/N-ethyl adjacent to an activating group) is 1. The molecular formula is C25H39N5O2. The van der Waals surface area contributed by atoms with Crippen molar-refractivity contribution in [2.75, 3.05) is 53.9 Å². The van der Waals surface area contributed by atoms with Gasteiger partial charge in [0.2, 0.25) is 5.91 Å². The number of amides is 1. The van der Waals surface area contributed by atoms with Crippen LogP contribution < -0.4 is 4.74 Å². The number of rotatable bonds is 11. The number of ether oxygens (including phenoxy) is 1. The Morgan fingerprint density at radius 3 is 2.78 bits per heavy atom. The summed E-state index contributed by atoms with van der Waals surface area (Å²) in [6.07, 6.45) is 7.48. The summed E-state index contributed by atoms with van der Waals surface area (Å²) in [6, 6.07) is 8.26. The largest absolute Gasteiger partial charge is 0.496 e. The molecule has 1 aromatic carbocycles. The van der Waals surface area contributed by atoms with Crippen molar-refractivity contribution in [1.29, 1.82) is 0 Å². The van der Waals surface area contributed by atoms with Crippen molar-refractivity contribution in [3.63, 3.8) is 0 Å². The third kappa shape index (κ3) is 7.35. The zero-order valence-corrected chi connectivity index (χ0v) is 20.2. The highest BCUT2D eigenvalue weighted by atomic mass is 16.5. The van der Waals surface area contributed by atoms with Crippen LogP contribution in [0.3, 0.4) is 0 Å². The number of carbonyl (C=O) groups is 1. The number of likely N-dealkylation sites (tertiary alicyclic amines) is 1. The molecule has 1 saturated heterocycles. The zero-order chi connectivity index (χ0) is 22.9. The third-order valence-electron chi connectivity index (χ3n) is 6.22. The van der Waals surface area contributed by atoms with Gasteiger partial charge in [0.05, 0.1) is 13.3 Å². The number of hydrogen-bond donors (Lipinski definition) is 0. The standard InChI is InChI=1S/C25H39N5O2/c1-27(2)14-15-30(25(31)12-11-21-16-26-28(3)17-21)19-22-8-7-13-29(18-22)20-23-9-5-6-10-24(23)32-4/h5-6,9-10,16-17,22H,7-8,11-15,18-20H2,1-4H3/t22-/m1/s1. The molecule has 1 aromatic heterocycles. The van der Waals surface area contributed by atoms with Gasteiger partial charge in [0.1, 0.15) is 5.75 Å². The molecule has 1 aliphatic rings. The Kier molecular flexibility index (Phi) is 9.11. The van der Waals surface area contributed by atoms with E-state index in [1.54, 1.807) is 11.8 Å². The maximum absolute atomic E-state index is 13.1. The van der Waals surface area contributed by atoms with E-state index >= 15 is 0 Å². The van der Waals surface area contributed by atoms with Crippen molar-refractivity contribution in [2.24, 2.45) is 13.0 Å². The van der Waals surface area contributed by atoms with E-state index in [1.165, 1.54) is 18.4 Å². The smallest absolute Gasteiger partial charge is 0.222 e. The number of para-hydroxylation sites is 1. The molecule has 1 atom stereocenters. The molecule has 1 amide bonds. The topological polar surface area (TPSA) is 53.8 Å². The minimum atomic E-state index is 0.248. The lowest BCUT2D eigenvalue weighted by Crippen LogP contribution is -2.44. The van der Waals surface area contributed by atoms with Crippen LogP contribution >= 0.6 is 0 Å². The van der Waals surface area contributed by atoms with E-state index in [0.717, 1.165) is 57.0 Å². The van der Waals surface area contributed by atoms with Crippen LogP contribution in [0.15, 0.2) is 36.7 Å². The number of hydrogen-bond acceptors (Lipinski definition) is 5. The van der Waals surface area contributed by atoms with Gasteiger partial charge < -0.3 is 14.5 Å². The van der Waals surface area contributed by atoms with Gasteiger partial charge >= 0.3 is 0 Å². The van der Waals surface area contributed by atoms with Crippen molar-refractivity contribution in [3.8, 4) is 5.75 Å². The summed E-state index contributed by atoms with van der Waals surface area (Å²) in [4.78, 5) is 19.9. The van der Waals surface area contributed by atoms with Gasteiger partial charge in [-0.05, 0) is 57.5 Å². The molecule has 2 aromatic rings. The third-order valence-corrected chi connectivity index (χ3v) is 6.22. The fourth-order valence-electron chi connectivity index (χ4n) is 4.48. The Hall–Kier alpha value is -2.38. The normalized spacial score (nSPS) is 17.0. The van der Waals surface area contributed by atoms with Gasteiger partial charge in [-0.15, -0.1) is 0 Å². The minimum Gasteiger partial charge on any atom is -0.496 e. The fourth-order valence-corrected chi connectivity index (χ4v) is 4.48. The first-order valence-electron chi connectivity index (χ1n) is 11.7. The average Bonchev–Trinajstić information content (AvgIpc) is 3.20. The summed E-state index contributed by atoms with van der Waals surface area (Å²) in [6.45, 7) is 5.51. The van der Waals surface area contributed by atoms with Crippen LogP contribution in [0.5, 0.6) is 5.75 Å². The lowest BCUT2D eigenvalue weighted by Gasteiger charge is -2.36.